The molecule has 0 saturated carbocycles. The number of carbonyl (C=O) groups is 2. The van der Waals surface area contributed by atoms with Crippen LogP contribution >= 0.6 is 11.3 Å². The van der Waals surface area contributed by atoms with Crippen molar-refractivity contribution in [3.05, 3.63) is 80.4 Å². The van der Waals surface area contributed by atoms with Crippen molar-refractivity contribution in [3.63, 3.8) is 0 Å². The number of thiazole rings is 1. The van der Waals surface area contributed by atoms with Crippen molar-refractivity contribution >= 4 is 23.0 Å². The zero-order valence-corrected chi connectivity index (χ0v) is 18.4. The van der Waals surface area contributed by atoms with Crippen LogP contribution < -0.4 is 4.74 Å². The van der Waals surface area contributed by atoms with Crippen LogP contribution in [0.15, 0.2) is 52.1 Å². The minimum atomic E-state index is -0.846. The molecular weight excluding hydrogens is 416 g/mol. The highest BCUT2D eigenvalue weighted by atomic mass is 32.1. The molecule has 0 saturated heterocycles. The monoisotopic (exact) mass is 438 g/mol. The van der Waals surface area contributed by atoms with E-state index in [9.17, 15) is 14.7 Å². The maximum absolute atomic E-state index is 13.4. The Morgan fingerprint density at radius 3 is 2.65 bits per heavy atom. The molecule has 31 heavy (non-hydrogen) atoms. The molecule has 1 aliphatic heterocycles. The van der Waals surface area contributed by atoms with Crippen molar-refractivity contribution in [1.29, 1.82) is 0 Å². The molecule has 0 aliphatic carbocycles. The molecule has 1 atom stereocenters. The summed E-state index contributed by atoms with van der Waals surface area (Å²) in [6, 6.07) is 9.94. The van der Waals surface area contributed by atoms with E-state index >= 15 is 0 Å². The van der Waals surface area contributed by atoms with Crippen molar-refractivity contribution < 1.29 is 23.8 Å². The second-order valence-electron chi connectivity index (χ2n) is 7.37. The molecule has 0 spiro atoms. The van der Waals surface area contributed by atoms with Gasteiger partial charge in [0.25, 0.3) is 5.91 Å². The molecule has 1 amide bonds. The van der Waals surface area contributed by atoms with Gasteiger partial charge < -0.3 is 19.2 Å². The van der Waals surface area contributed by atoms with E-state index in [1.54, 1.807) is 33.1 Å². The van der Waals surface area contributed by atoms with Crippen LogP contribution in [0.3, 0.4) is 0 Å². The molecule has 1 unspecified atom stereocenters. The molecule has 2 aromatic heterocycles. The number of aliphatic hydroxyl groups excluding tert-OH is 1. The number of nitrogens with zero attached hydrogens (tertiary/aromatic N) is 2. The molecular formula is C23H22N2O5S. The number of aromatic nitrogens is 1. The highest BCUT2D eigenvalue weighted by molar-refractivity contribution is 7.14. The van der Waals surface area contributed by atoms with Crippen molar-refractivity contribution in [1.82, 2.24) is 9.88 Å². The number of methoxy groups -OCH3 is 1. The molecule has 0 fully saturated rings. The average molecular weight is 439 g/mol. The van der Waals surface area contributed by atoms with E-state index in [1.807, 2.05) is 31.2 Å². The largest absolute Gasteiger partial charge is 0.503 e. The van der Waals surface area contributed by atoms with Crippen LogP contribution in [0, 0.1) is 20.8 Å². The molecule has 160 valence electrons. The van der Waals surface area contributed by atoms with E-state index in [4.69, 9.17) is 9.15 Å². The number of aryl methyl sites for hydroxylation is 3. The zero-order chi connectivity index (χ0) is 22.3. The predicted octanol–water partition coefficient (Wildman–Crippen LogP) is 4.45. The lowest BCUT2D eigenvalue weighted by Gasteiger charge is -2.25. The van der Waals surface area contributed by atoms with Crippen LogP contribution in [0.1, 0.15) is 43.5 Å². The summed E-state index contributed by atoms with van der Waals surface area (Å²) in [5.74, 6) is 0.119. The van der Waals surface area contributed by atoms with E-state index in [0.29, 0.717) is 27.8 Å². The minimum absolute atomic E-state index is 0.00833. The number of carbonyl (C=O) groups excluding carboxylic acids is 2. The lowest BCUT2D eigenvalue weighted by atomic mass is 9.99. The summed E-state index contributed by atoms with van der Waals surface area (Å²) in [6.45, 7) is 5.51. The number of benzene rings is 1. The van der Waals surface area contributed by atoms with Crippen LogP contribution in [0.4, 0.5) is 0 Å². The van der Waals surface area contributed by atoms with Crippen LogP contribution in [-0.2, 0) is 11.3 Å². The second kappa shape index (κ2) is 8.03. The number of furan rings is 1. The second-order valence-corrected chi connectivity index (χ2v) is 8.58. The van der Waals surface area contributed by atoms with Gasteiger partial charge in [0.2, 0.25) is 5.78 Å². The van der Waals surface area contributed by atoms with Crippen LogP contribution in [0.25, 0.3) is 0 Å². The Morgan fingerprint density at radius 2 is 2.03 bits per heavy atom. The third-order valence-electron chi connectivity index (χ3n) is 5.18. The summed E-state index contributed by atoms with van der Waals surface area (Å²) in [7, 11) is 1.57. The van der Waals surface area contributed by atoms with Crippen LogP contribution in [0.2, 0.25) is 0 Å². The first-order valence-corrected chi connectivity index (χ1v) is 10.5. The topological polar surface area (TPSA) is 92.9 Å². The molecule has 3 heterocycles. The SMILES string of the molecule is COc1cccc(CN2C(=O)C(O)=C(C(=O)c3sc(C)nc3C)C2c2ccc(C)o2)c1. The number of Topliss-reactive ketones (excluding diaryl/α,β-unsaturated/α-hetero) is 1. The highest BCUT2D eigenvalue weighted by Crippen LogP contribution is 2.41. The van der Waals surface area contributed by atoms with Gasteiger partial charge in [-0.15, -0.1) is 11.3 Å². The molecule has 4 rings (SSSR count). The van der Waals surface area contributed by atoms with Crippen molar-refractivity contribution in [2.24, 2.45) is 0 Å². The molecule has 8 heteroatoms. The number of amides is 1. The maximum Gasteiger partial charge on any atom is 0.290 e. The quantitative estimate of drug-likeness (QED) is 0.572. The number of hydrogen-bond acceptors (Lipinski definition) is 7. The fourth-order valence-electron chi connectivity index (χ4n) is 3.78. The van der Waals surface area contributed by atoms with E-state index in [0.717, 1.165) is 10.6 Å². The van der Waals surface area contributed by atoms with E-state index < -0.39 is 23.5 Å². The minimum Gasteiger partial charge on any atom is -0.503 e. The number of aliphatic hydroxyl groups is 1. The van der Waals surface area contributed by atoms with E-state index in [2.05, 4.69) is 4.98 Å². The van der Waals surface area contributed by atoms with Gasteiger partial charge >= 0.3 is 0 Å². The first-order chi connectivity index (χ1) is 14.8. The van der Waals surface area contributed by atoms with Gasteiger partial charge in [-0.2, -0.15) is 0 Å². The summed E-state index contributed by atoms with van der Waals surface area (Å²) < 4.78 is 11.1. The van der Waals surface area contributed by atoms with Gasteiger partial charge in [-0.1, -0.05) is 12.1 Å². The first-order valence-electron chi connectivity index (χ1n) is 9.72. The molecule has 0 bridgehead atoms. The Labute approximate surface area is 183 Å². The molecule has 7 nitrogen and oxygen atoms in total. The van der Waals surface area contributed by atoms with Crippen LogP contribution in [0.5, 0.6) is 5.75 Å². The van der Waals surface area contributed by atoms with Crippen molar-refractivity contribution in [2.45, 2.75) is 33.4 Å². The standard InChI is InChI=1S/C23H22N2O5S/c1-12-8-9-17(30-12)19-18(20(26)22-13(2)24-14(3)31-22)21(27)23(28)25(19)11-15-6-5-7-16(10-15)29-4/h5-10,19,27H,11H2,1-4H3. The maximum atomic E-state index is 13.4. The fraction of sp³-hybridized carbons (Fsp3) is 0.261. The predicted molar refractivity (Wildman–Crippen MR) is 115 cm³/mol. The van der Waals surface area contributed by atoms with Gasteiger partial charge in [0.05, 0.1) is 28.3 Å². The molecule has 1 aliphatic rings. The molecule has 1 N–H and O–H groups in total. The Kier molecular flexibility index (Phi) is 5.41. The first kappa shape index (κ1) is 20.9. The Bertz CT molecular complexity index is 1210. The van der Waals surface area contributed by atoms with Crippen molar-refractivity contribution in [3.8, 4) is 5.75 Å². The summed E-state index contributed by atoms with van der Waals surface area (Å²) >= 11 is 1.24. The van der Waals surface area contributed by atoms with Gasteiger partial charge in [0, 0.05) is 6.54 Å². The molecule has 1 aromatic carbocycles. The van der Waals surface area contributed by atoms with Gasteiger partial charge in [0.1, 0.15) is 23.3 Å². The van der Waals surface area contributed by atoms with Gasteiger partial charge in [-0.25, -0.2) is 4.98 Å². The summed E-state index contributed by atoms with van der Waals surface area (Å²) in [5, 5.41) is 11.5. The Balaban J connectivity index is 1.79. The third-order valence-corrected chi connectivity index (χ3v) is 6.25. The van der Waals surface area contributed by atoms with E-state index in [-0.39, 0.29) is 12.1 Å². The van der Waals surface area contributed by atoms with Crippen LogP contribution in [-0.4, -0.2) is 33.8 Å². The number of ketones is 1. The van der Waals surface area contributed by atoms with Gasteiger partial charge in [-0.05, 0) is 50.6 Å². The normalized spacial score (nSPS) is 16.3. The number of rotatable bonds is 6. The molecule has 0 radical (unpaired) electrons. The molecule has 3 aromatic rings. The van der Waals surface area contributed by atoms with Gasteiger partial charge in [0.15, 0.2) is 5.76 Å². The Hall–Kier alpha value is -3.39. The Morgan fingerprint density at radius 1 is 1.26 bits per heavy atom. The van der Waals surface area contributed by atoms with Crippen molar-refractivity contribution in [2.75, 3.05) is 7.11 Å². The lowest BCUT2D eigenvalue weighted by molar-refractivity contribution is -0.130. The highest BCUT2D eigenvalue weighted by Gasteiger charge is 2.46. The summed E-state index contributed by atoms with van der Waals surface area (Å²) in [6.07, 6.45) is 0. The third kappa shape index (κ3) is 3.74. The summed E-state index contributed by atoms with van der Waals surface area (Å²) in [4.78, 5) is 32.7. The number of ether oxygens (including phenoxy) is 1. The lowest BCUT2D eigenvalue weighted by Crippen LogP contribution is -2.30. The van der Waals surface area contributed by atoms with E-state index in [1.165, 1.54) is 16.2 Å². The fourth-order valence-corrected chi connectivity index (χ4v) is 4.65. The zero-order valence-electron chi connectivity index (χ0n) is 17.6. The smallest absolute Gasteiger partial charge is 0.290 e. The van der Waals surface area contributed by atoms with Gasteiger partial charge in [-0.3, -0.25) is 9.59 Å². The number of hydrogen-bond donors (Lipinski definition) is 1. The summed E-state index contributed by atoms with van der Waals surface area (Å²) in [5.41, 5.74) is 1.38. The average Bonchev–Trinajstić information content (AvgIpc) is 3.39.